The normalized spacial score (nSPS) is 12.9. The lowest BCUT2D eigenvalue weighted by molar-refractivity contribution is 0.458. The number of phenolic OH excluding ortho intramolecular Hbond substituents is 1. The van der Waals surface area contributed by atoms with Crippen LogP contribution < -0.4 is 11.5 Å². The van der Waals surface area contributed by atoms with E-state index in [1.807, 2.05) is 0 Å². The van der Waals surface area contributed by atoms with Gasteiger partial charge in [-0.25, -0.2) is 0 Å². The van der Waals surface area contributed by atoms with E-state index < -0.39 is 6.04 Å². The van der Waals surface area contributed by atoms with Crippen LogP contribution in [0.5, 0.6) is 5.75 Å². The second kappa shape index (κ2) is 4.68. The molecule has 0 fully saturated rings. The molecule has 78 valence electrons. The number of halogens is 3. The van der Waals surface area contributed by atoms with Gasteiger partial charge in [0.2, 0.25) is 0 Å². The minimum atomic E-state index is -0.457. The summed E-state index contributed by atoms with van der Waals surface area (Å²) in [6.07, 6.45) is 0. The molecular weight excluding hydrogens is 291 g/mol. The van der Waals surface area contributed by atoms with Gasteiger partial charge in [0.05, 0.1) is 14.5 Å². The highest BCUT2D eigenvalue weighted by molar-refractivity contribution is 9.10. The highest BCUT2D eigenvalue weighted by Gasteiger charge is 2.17. The van der Waals surface area contributed by atoms with Crippen LogP contribution >= 0.6 is 39.1 Å². The Balaban J connectivity index is 3.33. The van der Waals surface area contributed by atoms with Gasteiger partial charge in [-0.15, -0.1) is 0 Å². The molecule has 5 N–H and O–H groups in total. The smallest absolute Gasteiger partial charge is 0.136 e. The minimum Gasteiger partial charge on any atom is -0.506 e. The van der Waals surface area contributed by atoms with E-state index in [9.17, 15) is 5.11 Å². The molecule has 0 aliphatic carbocycles. The topological polar surface area (TPSA) is 72.3 Å². The van der Waals surface area contributed by atoms with Gasteiger partial charge in [0.15, 0.2) is 0 Å². The summed E-state index contributed by atoms with van der Waals surface area (Å²) in [5, 5.41) is 10.3. The molecule has 0 aliphatic rings. The molecule has 14 heavy (non-hydrogen) atoms. The average Bonchev–Trinajstić information content (AvgIpc) is 2.19. The maximum absolute atomic E-state index is 9.68. The van der Waals surface area contributed by atoms with Crippen molar-refractivity contribution in [2.24, 2.45) is 11.5 Å². The van der Waals surface area contributed by atoms with Crippen molar-refractivity contribution >= 4 is 39.1 Å². The van der Waals surface area contributed by atoms with Gasteiger partial charge in [0.25, 0.3) is 0 Å². The van der Waals surface area contributed by atoms with Crippen LogP contribution in [0.3, 0.4) is 0 Å². The van der Waals surface area contributed by atoms with Crippen molar-refractivity contribution < 1.29 is 5.11 Å². The molecule has 0 unspecified atom stereocenters. The molecule has 0 amide bonds. The van der Waals surface area contributed by atoms with Crippen LogP contribution in [0.4, 0.5) is 0 Å². The first-order valence-corrected chi connectivity index (χ1v) is 5.36. The lowest BCUT2D eigenvalue weighted by Gasteiger charge is -2.14. The Morgan fingerprint density at radius 3 is 2.57 bits per heavy atom. The summed E-state index contributed by atoms with van der Waals surface area (Å²) >= 11 is 14.7. The Morgan fingerprint density at radius 2 is 2.07 bits per heavy atom. The Hall–Kier alpha value is -0.000000000000000111. The Bertz CT molecular complexity index is 360. The fourth-order valence-electron chi connectivity index (χ4n) is 1.01. The highest BCUT2D eigenvalue weighted by atomic mass is 79.9. The summed E-state index contributed by atoms with van der Waals surface area (Å²) in [5.41, 5.74) is 11.5. The lowest BCUT2D eigenvalue weighted by atomic mass is 10.1. The molecule has 6 heteroatoms. The lowest BCUT2D eigenvalue weighted by Crippen LogP contribution is -2.20. The molecule has 0 radical (unpaired) electrons. The third kappa shape index (κ3) is 2.15. The van der Waals surface area contributed by atoms with Crippen molar-refractivity contribution in [2.75, 3.05) is 6.54 Å². The van der Waals surface area contributed by atoms with E-state index in [-0.39, 0.29) is 17.3 Å². The molecule has 0 saturated carbocycles. The number of hydrogen-bond acceptors (Lipinski definition) is 3. The van der Waals surface area contributed by atoms with E-state index in [0.29, 0.717) is 15.1 Å². The molecule has 0 bridgehead atoms. The summed E-state index contributed by atoms with van der Waals surface area (Å²) in [6, 6.07) is 1.06. The average molecular weight is 300 g/mol. The number of hydrogen-bond donors (Lipinski definition) is 3. The van der Waals surface area contributed by atoms with Gasteiger partial charge in [-0.2, -0.15) is 0 Å². The Morgan fingerprint density at radius 1 is 1.50 bits per heavy atom. The molecule has 1 aromatic rings. The van der Waals surface area contributed by atoms with Crippen LogP contribution in [-0.2, 0) is 0 Å². The first-order chi connectivity index (χ1) is 6.49. The quantitative estimate of drug-likeness (QED) is 0.734. The minimum absolute atomic E-state index is 0.0163. The first kappa shape index (κ1) is 12.1. The third-order valence-electron chi connectivity index (χ3n) is 1.82. The van der Waals surface area contributed by atoms with Gasteiger partial charge in [0, 0.05) is 18.2 Å². The van der Waals surface area contributed by atoms with Gasteiger partial charge in [-0.1, -0.05) is 23.2 Å². The van der Waals surface area contributed by atoms with E-state index in [2.05, 4.69) is 15.9 Å². The fraction of sp³-hybridized carbons (Fsp3) is 0.250. The zero-order valence-electron chi connectivity index (χ0n) is 7.10. The molecule has 0 aromatic heterocycles. The summed E-state index contributed by atoms with van der Waals surface area (Å²) in [5.74, 6) is -0.0163. The Labute approximate surface area is 100 Å². The molecule has 0 spiro atoms. The maximum atomic E-state index is 9.68. The molecule has 1 rings (SSSR count). The maximum Gasteiger partial charge on any atom is 0.136 e. The monoisotopic (exact) mass is 298 g/mol. The Kier molecular flexibility index (Phi) is 4.04. The van der Waals surface area contributed by atoms with Crippen LogP contribution in [0, 0.1) is 0 Å². The molecule has 1 aromatic carbocycles. The molecule has 3 nitrogen and oxygen atoms in total. The van der Waals surface area contributed by atoms with Crippen LogP contribution in [0.15, 0.2) is 10.5 Å². The second-order valence-corrected chi connectivity index (χ2v) is 4.34. The zero-order chi connectivity index (χ0) is 10.9. The highest BCUT2D eigenvalue weighted by Crippen LogP contribution is 2.41. The number of nitrogens with two attached hydrogens (primary N) is 2. The molecular formula is C8H9BrCl2N2O. The van der Waals surface area contributed by atoms with Crippen molar-refractivity contribution in [2.45, 2.75) is 6.04 Å². The second-order valence-electron chi connectivity index (χ2n) is 2.77. The first-order valence-electron chi connectivity index (χ1n) is 3.81. The molecule has 0 aliphatic heterocycles. The molecule has 0 heterocycles. The van der Waals surface area contributed by atoms with E-state index in [1.54, 1.807) is 0 Å². The largest absolute Gasteiger partial charge is 0.506 e. The van der Waals surface area contributed by atoms with E-state index >= 15 is 0 Å². The number of rotatable bonds is 2. The zero-order valence-corrected chi connectivity index (χ0v) is 10.2. The van der Waals surface area contributed by atoms with Gasteiger partial charge in [0.1, 0.15) is 5.75 Å². The van der Waals surface area contributed by atoms with Crippen LogP contribution in [-0.4, -0.2) is 11.7 Å². The molecule has 0 saturated heterocycles. The predicted octanol–water partition coefficient (Wildman–Crippen LogP) is 2.42. The van der Waals surface area contributed by atoms with Crippen LogP contribution in [0.1, 0.15) is 11.6 Å². The van der Waals surface area contributed by atoms with Crippen molar-refractivity contribution in [3.63, 3.8) is 0 Å². The third-order valence-corrected chi connectivity index (χ3v) is 3.61. The standard InChI is InChI=1S/C8H9BrCl2N2O/c9-6-7(11)4(10)1-3(8(6)14)5(13)2-12/h1,5,14H,2,12-13H2/t5-/m1/s1. The van der Waals surface area contributed by atoms with Crippen molar-refractivity contribution in [1.29, 1.82) is 0 Å². The fourth-order valence-corrected chi connectivity index (χ4v) is 1.93. The number of phenols is 1. The van der Waals surface area contributed by atoms with Crippen molar-refractivity contribution in [3.05, 3.63) is 26.1 Å². The van der Waals surface area contributed by atoms with E-state index in [1.165, 1.54) is 6.07 Å². The van der Waals surface area contributed by atoms with Crippen molar-refractivity contribution in [1.82, 2.24) is 0 Å². The van der Waals surface area contributed by atoms with Crippen molar-refractivity contribution in [3.8, 4) is 5.75 Å². The summed E-state index contributed by atoms with van der Waals surface area (Å²) in [7, 11) is 0. The van der Waals surface area contributed by atoms with Gasteiger partial charge >= 0.3 is 0 Å². The van der Waals surface area contributed by atoms with Gasteiger partial charge in [-0.05, 0) is 22.0 Å². The van der Waals surface area contributed by atoms with Gasteiger partial charge in [-0.3, -0.25) is 0 Å². The van der Waals surface area contributed by atoms with Crippen LogP contribution in [0.2, 0.25) is 10.0 Å². The number of benzene rings is 1. The summed E-state index contributed by atoms with van der Waals surface area (Å²) in [6.45, 7) is 0.220. The molecule has 1 atom stereocenters. The van der Waals surface area contributed by atoms with E-state index in [0.717, 1.165) is 0 Å². The summed E-state index contributed by atoms with van der Waals surface area (Å²) < 4.78 is 0.338. The van der Waals surface area contributed by atoms with Gasteiger partial charge < -0.3 is 16.6 Å². The predicted molar refractivity (Wildman–Crippen MR) is 61.8 cm³/mol. The van der Waals surface area contributed by atoms with Crippen LogP contribution in [0.25, 0.3) is 0 Å². The van der Waals surface area contributed by atoms with E-state index in [4.69, 9.17) is 34.7 Å². The summed E-state index contributed by atoms with van der Waals surface area (Å²) in [4.78, 5) is 0. The SMILES string of the molecule is NC[C@@H](N)c1cc(Cl)c(Cl)c(Br)c1O. The number of aromatic hydroxyl groups is 1.